The number of ether oxygens (including phenoxy) is 1. The number of hydrogen-bond donors (Lipinski definition) is 3. The topological polar surface area (TPSA) is 142 Å². The molecule has 0 saturated carbocycles. The third kappa shape index (κ3) is 7.71. The molecule has 11 nitrogen and oxygen atoms in total. The van der Waals surface area contributed by atoms with E-state index in [2.05, 4.69) is 20.6 Å². The molecule has 1 aromatic heterocycles. The lowest BCUT2D eigenvalue weighted by molar-refractivity contribution is -0.127. The summed E-state index contributed by atoms with van der Waals surface area (Å²) in [5.74, 6) is -0.0588. The Bertz CT molecular complexity index is 1660. The second-order valence-electron chi connectivity index (χ2n) is 11.5. The van der Waals surface area contributed by atoms with E-state index in [0.717, 1.165) is 40.9 Å². The number of nitrogens with zero attached hydrogens (tertiary/aromatic N) is 4. The average Bonchev–Trinajstić information content (AvgIpc) is 3.24. The summed E-state index contributed by atoms with van der Waals surface area (Å²) in [4.78, 5) is 52.0. The summed E-state index contributed by atoms with van der Waals surface area (Å²) in [6.45, 7) is 6.47. The van der Waals surface area contributed by atoms with Crippen LogP contribution in [0.2, 0.25) is 0 Å². The van der Waals surface area contributed by atoms with Crippen LogP contribution in [0.4, 0.5) is 21.9 Å². The highest BCUT2D eigenvalue weighted by Gasteiger charge is 2.24. The van der Waals surface area contributed by atoms with Crippen LogP contribution in [0.15, 0.2) is 65.3 Å². The summed E-state index contributed by atoms with van der Waals surface area (Å²) >= 11 is 0. The van der Waals surface area contributed by atoms with Gasteiger partial charge < -0.3 is 30.9 Å². The summed E-state index contributed by atoms with van der Waals surface area (Å²) in [5, 5.41) is 5.98. The van der Waals surface area contributed by atoms with E-state index in [1.54, 1.807) is 29.3 Å². The molecule has 4 N–H and O–H groups in total. The van der Waals surface area contributed by atoms with Gasteiger partial charge in [-0.25, -0.2) is 9.79 Å². The minimum atomic E-state index is -0.398. The average molecular weight is 624 g/mol. The number of nitrogens with one attached hydrogen (secondary N) is 2. The fraction of sp³-hybridized carbons (Fsp3) is 0.343. The van der Waals surface area contributed by atoms with E-state index in [0.29, 0.717) is 60.9 Å². The van der Waals surface area contributed by atoms with Gasteiger partial charge in [0.05, 0.1) is 24.1 Å². The molecule has 0 unspecified atom stereocenters. The highest BCUT2D eigenvalue weighted by molar-refractivity contribution is 6.08. The SMILES string of the molecule is CCCN(CCC)C(=O)C1=Cc2ccc(C(=O)Nc3cnc4c(c3)CN(C(=O)OCc3ccc(NC)cc3)CC4)cc2N=C(N)C1. The number of pyridine rings is 1. The standard InChI is InChI=1S/C35H41N7O4/c1-4-13-41(14-5-2)34(44)26-16-24-8-9-25(18-31(24)40-32(36)19-26)33(43)39-29-17-27-21-42(15-12-30(27)38-20-29)35(45)46-22-23-6-10-28(37-3)11-7-23/h6-11,16-18,20,37H,4-5,12-15,19,21-22H2,1-3H3,(H2,36,40)(H,39,43). The summed E-state index contributed by atoms with van der Waals surface area (Å²) in [5.41, 5.74) is 12.6. The van der Waals surface area contributed by atoms with Gasteiger partial charge in [0.1, 0.15) is 12.4 Å². The number of carbonyl (C=O) groups is 3. The van der Waals surface area contributed by atoms with Crippen molar-refractivity contribution in [1.82, 2.24) is 14.8 Å². The van der Waals surface area contributed by atoms with Crippen molar-refractivity contribution in [2.45, 2.75) is 52.7 Å². The summed E-state index contributed by atoms with van der Waals surface area (Å²) in [6.07, 6.45) is 5.62. The molecule has 0 saturated heterocycles. The van der Waals surface area contributed by atoms with Crippen molar-refractivity contribution in [3.63, 3.8) is 0 Å². The first-order valence-corrected chi connectivity index (χ1v) is 15.7. The van der Waals surface area contributed by atoms with Crippen LogP contribution in [0.1, 0.15) is 65.9 Å². The molecule has 11 heteroatoms. The number of hydrogen-bond acceptors (Lipinski definition) is 8. The summed E-state index contributed by atoms with van der Waals surface area (Å²) in [7, 11) is 1.85. The van der Waals surface area contributed by atoms with Gasteiger partial charge in [-0.05, 0) is 60.4 Å². The van der Waals surface area contributed by atoms with E-state index in [9.17, 15) is 14.4 Å². The van der Waals surface area contributed by atoms with Crippen LogP contribution in [0.3, 0.4) is 0 Å². The molecule has 0 spiro atoms. The monoisotopic (exact) mass is 623 g/mol. The van der Waals surface area contributed by atoms with Crippen molar-refractivity contribution in [2.24, 2.45) is 10.7 Å². The normalized spacial score (nSPS) is 13.8. The van der Waals surface area contributed by atoms with Gasteiger partial charge in [-0.2, -0.15) is 0 Å². The summed E-state index contributed by atoms with van der Waals surface area (Å²) < 4.78 is 5.56. The van der Waals surface area contributed by atoms with E-state index in [4.69, 9.17) is 10.5 Å². The molecular weight excluding hydrogens is 582 g/mol. The molecule has 0 bridgehead atoms. The van der Waals surface area contributed by atoms with Gasteiger partial charge in [0.2, 0.25) is 5.91 Å². The number of carbonyl (C=O) groups excluding carboxylic acids is 3. The van der Waals surface area contributed by atoms with Crippen molar-refractivity contribution in [2.75, 3.05) is 37.3 Å². The van der Waals surface area contributed by atoms with Gasteiger partial charge in [-0.3, -0.25) is 14.6 Å². The molecule has 2 aliphatic rings. The van der Waals surface area contributed by atoms with Gasteiger partial charge in [0.25, 0.3) is 5.91 Å². The van der Waals surface area contributed by atoms with E-state index in [1.807, 2.05) is 62.2 Å². The zero-order valence-corrected chi connectivity index (χ0v) is 26.6. The largest absolute Gasteiger partial charge is 0.445 e. The first kappa shape index (κ1) is 32.2. The van der Waals surface area contributed by atoms with E-state index >= 15 is 0 Å². The number of anilines is 2. The van der Waals surface area contributed by atoms with Crippen LogP contribution >= 0.6 is 0 Å². The molecule has 46 heavy (non-hydrogen) atoms. The van der Waals surface area contributed by atoms with Crippen LogP contribution in [0, 0.1) is 0 Å². The van der Waals surface area contributed by atoms with Crippen molar-refractivity contribution in [3.8, 4) is 0 Å². The molecule has 2 aliphatic heterocycles. The van der Waals surface area contributed by atoms with Gasteiger partial charge >= 0.3 is 6.09 Å². The van der Waals surface area contributed by atoms with Gasteiger partial charge in [-0.1, -0.05) is 32.0 Å². The lowest BCUT2D eigenvalue weighted by atomic mass is 10.0. The number of amides is 3. The lowest BCUT2D eigenvalue weighted by Crippen LogP contribution is -2.36. The third-order valence-electron chi connectivity index (χ3n) is 7.97. The van der Waals surface area contributed by atoms with Crippen LogP contribution in [-0.2, 0) is 29.1 Å². The zero-order chi connectivity index (χ0) is 32.6. The second-order valence-corrected chi connectivity index (χ2v) is 11.5. The first-order chi connectivity index (χ1) is 22.3. The molecule has 0 aliphatic carbocycles. The number of nitrogens with two attached hydrogens (primary N) is 1. The fourth-order valence-electron chi connectivity index (χ4n) is 5.58. The number of rotatable bonds is 10. The predicted octanol–water partition coefficient (Wildman–Crippen LogP) is 5.49. The Hall–Kier alpha value is -5.19. The molecule has 0 fully saturated rings. The Morgan fingerprint density at radius 3 is 2.50 bits per heavy atom. The maximum absolute atomic E-state index is 13.3. The molecule has 2 aromatic carbocycles. The molecule has 240 valence electrons. The van der Waals surface area contributed by atoms with Crippen molar-refractivity contribution in [1.29, 1.82) is 0 Å². The van der Waals surface area contributed by atoms with Crippen LogP contribution in [-0.4, -0.2) is 65.2 Å². The Kier molecular flexibility index (Phi) is 10.3. The maximum atomic E-state index is 13.3. The number of fused-ring (bicyclic) bond motifs is 2. The van der Waals surface area contributed by atoms with Gasteiger partial charge in [-0.15, -0.1) is 0 Å². The van der Waals surface area contributed by atoms with E-state index < -0.39 is 6.09 Å². The Morgan fingerprint density at radius 1 is 1.02 bits per heavy atom. The molecular formula is C35H41N7O4. The highest BCUT2D eigenvalue weighted by atomic mass is 16.6. The minimum absolute atomic E-state index is 0.0391. The quantitative estimate of drug-likeness (QED) is 0.271. The Labute approximate surface area is 269 Å². The van der Waals surface area contributed by atoms with E-state index in [1.165, 1.54) is 0 Å². The Balaban J connectivity index is 1.25. The molecule has 0 radical (unpaired) electrons. The van der Waals surface area contributed by atoms with Crippen molar-refractivity contribution < 1.29 is 19.1 Å². The van der Waals surface area contributed by atoms with Crippen LogP contribution in [0.25, 0.3) is 6.08 Å². The number of aromatic nitrogens is 1. The number of amidine groups is 1. The number of aliphatic imine (C=N–C) groups is 1. The molecule has 5 rings (SSSR count). The van der Waals surface area contributed by atoms with Gasteiger partial charge in [0, 0.05) is 67.6 Å². The number of benzene rings is 2. The Morgan fingerprint density at radius 2 is 1.78 bits per heavy atom. The maximum Gasteiger partial charge on any atom is 0.410 e. The van der Waals surface area contributed by atoms with Crippen LogP contribution < -0.4 is 16.4 Å². The van der Waals surface area contributed by atoms with Crippen molar-refractivity contribution in [3.05, 3.63) is 88.2 Å². The third-order valence-corrected chi connectivity index (χ3v) is 7.97. The first-order valence-electron chi connectivity index (χ1n) is 15.7. The molecule has 3 aromatic rings. The van der Waals surface area contributed by atoms with Gasteiger partial charge in [0.15, 0.2) is 0 Å². The predicted molar refractivity (Wildman–Crippen MR) is 180 cm³/mol. The summed E-state index contributed by atoms with van der Waals surface area (Å²) in [6, 6.07) is 14.7. The van der Waals surface area contributed by atoms with E-state index in [-0.39, 0.29) is 24.8 Å². The highest BCUT2D eigenvalue weighted by Crippen LogP contribution is 2.29. The zero-order valence-electron chi connectivity index (χ0n) is 26.6. The van der Waals surface area contributed by atoms with Crippen molar-refractivity contribution >= 4 is 46.9 Å². The van der Waals surface area contributed by atoms with Crippen LogP contribution in [0.5, 0.6) is 0 Å². The smallest absolute Gasteiger partial charge is 0.410 e. The fourth-order valence-corrected chi connectivity index (χ4v) is 5.58. The molecule has 3 amide bonds. The molecule has 0 atom stereocenters. The minimum Gasteiger partial charge on any atom is -0.445 e. The molecule has 3 heterocycles. The second kappa shape index (κ2) is 14.7. The lowest BCUT2D eigenvalue weighted by Gasteiger charge is -2.28.